The quantitative estimate of drug-likeness (QED) is 0.755. The lowest BCUT2D eigenvalue weighted by molar-refractivity contribution is -0.128. The van der Waals surface area contributed by atoms with E-state index >= 15 is 0 Å². The number of hydrogen-bond acceptors (Lipinski definition) is 6. The van der Waals surface area contributed by atoms with Crippen LogP contribution in [-0.4, -0.2) is 34.7 Å². The molecule has 8 heteroatoms. The van der Waals surface area contributed by atoms with Gasteiger partial charge in [0.15, 0.2) is 11.6 Å². The minimum Gasteiger partial charge on any atom is -0.494 e. The first-order valence-corrected chi connectivity index (χ1v) is 8.19. The fraction of sp³-hybridized carbons (Fsp3) is 0.400. The molecule has 1 aromatic heterocycles. The largest absolute Gasteiger partial charge is 0.494 e. The molecule has 0 N–H and O–H groups in total. The van der Waals surface area contributed by atoms with Crippen LogP contribution >= 0.6 is 11.8 Å². The summed E-state index contributed by atoms with van der Waals surface area (Å²) in [5.41, 5.74) is 0.794. The lowest BCUT2D eigenvalue weighted by Crippen LogP contribution is -2.23. The molecule has 1 aromatic carbocycles. The van der Waals surface area contributed by atoms with Crippen LogP contribution in [0.5, 0.6) is 5.75 Å². The SMILES string of the molecule is COc1ccc(CSc2nnc(CN3CCCC3=O)o2)cc1F. The number of rotatable bonds is 6. The van der Waals surface area contributed by atoms with Gasteiger partial charge >= 0.3 is 0 Å². The van der Waals surface area contributed by atoms with E-state index in [0.717, 1.165) is 18.5 Å². The number of likely N-dealkylation sites (tertiary alicyclic amines) is 1. The van der Waals surface area contributed by atoms with Crippen molar-refractivity contribution in [3.05, 3.63) is 35.5 Å². The zero-order valence-corrected chi connectivity index (χ0v) is 13.4. The molecular formula is C15H16FN3O3S. The van der Waals surface area contributed by atoms with Crippen molar-refractivity contribution in [3.63, 3.8) is 0 Å². The monoisotopic (exact) mass is 337 g/mol. The highest BCUT2D eigenvalue weighted by Gasteiger charge is 2.22. The number of nitrogens with zero attached hydrogens (tertiary/aromatic N) is 3. The van der Waals surface area contributed by atoms with Crippen molar-refractivity contribution < 1.29 is 18.3 Å². The van der Waals surface area contributed by atoms with E-state index < -0.39 is 5.82 Å². The fourth-order valence-electron chi connectivity index (χ4n) is 2.34. The van der Waals surface area contributed by atoms with Gasteiger partial charge in [0, 0.05) is 18.7 Å². The van der Waals surface area contributed by atoms with E-state index in [9.17, 15) is 9.18 Å². The van der Waals surface area contributed by atoms with Gasteiger partial charge in [-0.2, -0.15) is 0 Å². The van der Waals surface area contributed by atoms with Crippen molar-refractivity contribution in [1.82, 2.24) is 15.1 Å². The lowest BCUT2D eigenvalue weighted by atomic mass is 10.2. The summed E-state index contributed by atoms with van der Waals surface area (Å²) in [6.45, 7) is 1.08. The summed E-state index contributed by atoms with van der Waals surface area (Å²) < 4.78 is 24.0. The second kappa shape index (κ2) is 6.99. The Labute approximate surface area is 137 Å². The maximum absolute atomic E-state index is 13.6. The molecule has 1 saturated heterocycles. The number of amides is 1. The zero-order valence-electron chi connectivity index (χ0n) is 12.6. The van der Waals surface area contributed by atoms with Crippen LogP contribution < -0.4 is 4.74 Å². The van der Waals surface area contributed by atoms with Gasteiger partial charge in [-0.05, 0) is 24.1 Å². The van der Waals surface area contributed by atoms with Crippen LogP contribution in [0, 0.1) is 5.82 Å². The van der Waals surface area contributed by atoms with Crippen LogP contribution in [-0.2, 0) is 17.1 Å². The molecule has 2 aromatic rings. The minimum atomic E-state index is -0.399. The molecule has 1 aliphatic rings. The highest BCUT2D eigenvalue weighted by molar-refractivity contribution is 7.98. The van der Waals surface area contributed by atoms with Crippen LogP contribution in [0.25, 0.3) is 0 Å². The molecule has 1 fully saturated rings. The normalized spacial score (nSPS) is 14.5. The van der Waals surface area contributed by atoms with Gasteiger partial charge in [-0.1, -0.05) is 17.8 Å². The van der Waals surface area contributed by atoms with Gasteiger partial charge in [0.2, 0.25) is 11.8 Å². The predicted molar refractivity (Wildman–Crippen MR) is 81.5 cm³/mol. The molecule has 1 aliphatic heterocycles. The first-order valence-electron chi connectivity index (χ1n) is 7.21. The van der Waals surface area contributed by atoms with E-state index in [1.54, 1.807) is 17.0 Å². The summed E-state index contributed by atoms with van der Waals surface area (Å²) in [4.78, 5) is 13.3. The predicted octanol–water partition coefficient (Wildman–Crippen LogP) is 2.63. The molecule has 0 saturated carbocycles. The molecule has 0 radical (unpaired) electrons. The molecule has 0 unspecified atom stereocenters. The maximum Gasteiger partial charge on any atom is 0.276 e. The third-order valence-electron chi connectivity index (χ3n) is 3.52. The second-order valence-corrected chi connectivity index (χ2v) is 6.06. The topological polar surface area (TPSA) is 68.5 Å². The first kappa shape index (κ1) is 15.8. The van der Waals surface area contributed by atoms with Gasteiger partial charge in [0.1, 0.15) is 0 Å². The summed E-state index contributed by atoms with van der Waals surface area (Å²) in [6.07, 6.45) is 1.45. The number of methoxy groups -OCH3 is 1. The molecule has 0 spiro atoms. The summed E-state index contributed by atoms with van der Waals surface area (Å²) in [6, 6.07) is 4.80. The lowest BCUT2D eigenvalue weighted by Gasteiger charge is -2.11. The van der Waals surface area contributed by atoms with Gasteiger partial charge in [0.05, 0.1) is 13.7 Å². The van der Waals surface area contributed by atoms with Crippen molar-refractivity contribution in [2.45, 2.75) is 30.4 Å². The molecule has 1 amide bonds. The number of thioether (sulfide) groups is 1. The highest BCUT2D eigenvalue weighted by Crippen LogP contribution is 2.25. The minimum absolute atomic E-state index is 0.117. The van der Waals surface area contributed by atoms with E-state index in [4.69, 9.17) is 9.15 Å². The van der Waals surface area contributed by atoms with Crippen LogP contribution in [0.2, 0.25) is 0 Å². The molecule has 0 bridgehead atoms. The molecule has 122 valence electrons. The molecule has 6 nitrogen and oxygen atoms in total. The zero-order chi connectivity index (χ0) is 16.2. The Hall–Kier alpha value is -2.09. The summed E-state index contributed by atoms with van der Waals surface area (Å²) in [5, 5.41) is 8.30. The number of benzene rings is 1. The average Bonchev–Trinajstić information content (AvgIpc) is 3.15. The first-order chi connectivity index (χ1) is 11.2. The smallest absolute Gasteiger partial charge is 0.276 e. The Kier molecular flexibility index (Phi) is 4.80. The average molecular weight is 337 g/mol. The van der Waals surface area contributed by atoms with Crippen molar-refractivity contribution in [3.8, 4) is 5.75 Å². The van der Waals surface area contributed by atoms with Crippen LogP contribution in [0.4, 0.5) is 4.39 Å². The third-order valence-corrected chi connectivity index (χ3v) is 4.41. The van der Waals surface area contributed by atoms with Crippen molar-refractivity contribution in [1.29, 1.82) is 0 Å². The van der Waals surface area contributed by atoms with Gasteiger partial charge < -0.3 is 14.1 Å². The Morgan fingerprint density at radius 2 is 2.30 bits per heavy atom. The van der Waals surface area contributed by atoms with E-state index in [0.29, 0.717) is 29.8 Å². The van der Waals surface area contributed by atoms with E-state index in [1.807, 2.05) is 0 Å². The Balaban J connectivity index is 1.56. The van der Waals surface area contributed by atoms with Gasteiger partial charge in [-0.25, -0.2) is 4.39 Å². The standard InChI is InChI=1S/C15H16FN3O3S/c1-21-12-5-4-10(7-11(12)16)9-23-15-18-17-13(22-15)8-19-6-2-3-14(19)20/h4-5,7H,2-3,6,8-9H2,1H3. The summed E-state index contributed by atoms with van der Waals surface area (Å²) in [5.74, 6) is 0.860. The third kappa shape index (κ3) is 3.82. The number of aromatic nitrogens is 2. The van der Waals surface area contributed by atoms with Crippen molar-refractivity contribution in [2.75, 3.05) is 13.7 Å². The molecule has 0 atom stereocenters. The van der Waals surface area contributed by atoms with Gasteiger partial charge in [-0.15, -0.1) is 10.2 Å². The highest BCUT2D eigenvalue weighted by atomic mass is 32.2. The van der Waals surface area contributed by atoms with E-state index in [1.165, 1.54) is 24.9 Å². The Morgan fingerprint density at radius 3 is 3.00 bits per heavy atom. The summed E-state index contributed by atoms with van der Waals surface area (Å²) >= 11 is 1.32. The maximum atomic E-state index is 13.6. The summed E-state index contributed by atoms with van der Waals surface area (Å²) in [7, 11) is 1.43. The van der Waals surface area contributed by atoms with Crippen LogP contribution in [0.15, 0.2) is 27.8 Å². The molecule has 3 rings (SSSR count). The van der Waals surface area contributed by atoms with Crippen LogP contribution in [0.1, 0.15) is 24.3 Å². The second-order valence-electron chi connectivity index (χ2n) is 5.14. The number of ether oxygens (including phenoxy) is 1. The number of carbonyl (C=O) groups excluding carboxylic acids is 1. The van der Waals surface area contributed by atoms with Gasteiger partial charge in [-0.3, -0.25) is 4.79 Å². The Morgan fingerprint density at radius 1 is 1.43 bits per heavy atom. The molecule has 23 heavy (non-hydrogen) atoms. The van der Waals surface area contributed by atoms with E-state index in [-0.39, 0.29) is 11.7 Å². The van der Waals surface area contributed by atoms with Crippen molar-refractivity contribution >= 4 is 17.7 Å². The van der Waals surface area contributed by atoms with Crippen LogP contribution in [0.3, 0.4) is 0 Å². The molecule has 2 heterocycles. The van der Waals surface area contributed by atoms with E-state index in [2.05, 4.69) is 10.2 Å². The number of halogens is 1. The fourth-order valence-corrected chi connectivity index (χ4v) is 3.06. The Bertz CT molecular complexity index is 707. The molecular weight excluding hydrogens is 321 g/mol. The number of hydrogen-bond donors (Lipinski definition) is 0. The van der Waals surface area contributed by atoms with Gasteiger partial charge in [0.25, 0.3) is 5.22 Å². The number of carbonyl (C=O) groups is 1. The van der Waals surface area contributed by atoms with Crippen molar-refractivity contribution in [2.24, 2.45) is 0 Å². The molecule has 0 aliphatic carbocycles.